The van der Waals surface area contributed by atoms with Crippen LogP contribution in [0.3, 0.4) is 0 Å². The van der Waals surface area contributed by atoms with Crippen molar-refractivity contribution < 1.29 is 19.7 Å². The molecule has 1 aliphatic rings. The first-order valence-electron chi connectivity index (χ1n) is 8.08. The predicted molar refractivity (Wildman–Crippen MR) is 91.2 cm³/mol. The van der Waals surface area contributed by atoms with Crippen molar-refractivity contribution in [2.45, 2.75) is 31.5 Å². The number of rotatable bonds is 7. The summed E-state index contributed by atoms with van der Waals surface area (Å²) in [5.74, 6) is 0. The van der Waals surface area contributed by atoms with E-state index in [1.165, 1.54) is 0 Å². The van der Waals surface area contributed by atoms with Crippen molar-refractivity contribution in [2.75, 3.05) is 6.61 Å². The highest BCUT2D eigenvalue weighted by Gasteiger charge is 2.35. The fourth-order valence-electron chi connectivity index (χ4n) is 2.72. The molecule has 1 aliphatic carbocycles. The third kappa shape index (κ3) is 4.30. The van der Waals surface area contributed by atoms with Gasteiger partial charge in [0.1, 0.15) is 18.3 Å². The third-order valence-corrected chi connectivity index (χ3v) is 4.08. The summed E-state index contributed by atoms with van der Waals surface area (Å²) in [6.07, 6.45) is -0.649. The Morgan fingerprint density at radius 1 is 0.750 bits per heavy atom. The average Bonchev–Trinajstić information content (AvgIpc) is 2.90. The van der Waals surface area contributed by atoms with Crippen LogP contribution >= 0.6 is 0 Å². The van der Waals surface area contributed by atoms with Crippen LogP contribution in [-0.4, -0.2) is 35.1 Å². The van der Waals surface area contributed by atoms with Crippen LogP contribution in [0.4, 0.5) is 0 Å². The van der Waals surface area contributed by atoms with E-state index in [4.69, 9.17) is 9.47 Å². The van der Waals surface area contributed by atoms with E-state index in [0.717, 1.165) is 11.1 Å². The highest BCUT2D eigenvalue weighted by Crippen LogP contribution is 2.24. The van der Waals surface area contributed by atoms with Crippen molar-refractivity contribution in [3.8, 4) is 0 Å². The summed E-state index contributed by atoms with van der Waals surface area (Å²) in [6, 6.07) is 19.6. The van der Waals surface area contributed by atoms with Crippen LogP contribution in [0.2, 0.25) is 0 Å². The molecule has 0 unspecified atom stereocenters. The fourth-order valence-corrected chi connectivity index (χ4v) is 2.72. The lowest BCUT2D eigenvalue weighted by molar-refractivity contribution is -0.0527. The minimum atomic E-state index is -0.955. The van der Waals surface area contributed by atoms with Gasteiger partial charge in [-0.25, -0.2) is 0 Å². The van der Waals surface area contributed by atoms with Crippen molar-refractivity contribution in [3.05, 3.63) is 83.4 Å². The number of ether oxygens (including phenoxy) is 2. The normalized spacial score (nSPS) is 23.2. The summed E-state index contributed by atoms with van der Waals surface area (Å²) in [7, 11) is 0. The molecule has 2 aromatic carbocycles. The molecule has 2 aromatic rings. The van der Waals surface area contributed by atoms with E-state index >= 15 is 0 Å². The zero-order valence-electron chi connectivity index (χ0n) is 13.4. The summed E-state index contributed by atoms with van der Waals surface area (Å²) in [4.78, 5) is 0. The Balaban J connectivity index is 1.51. The van der Waals surface area contributed by atoms with Gasteiger partial charge in [0.15, 0.2) is 0 Å². The zero-order valence-corrected chi connectivity index (χ0v) is 13.4. The summed E-state index contributed by atoms with van der Waals surface area (Å²) in [5, 5.41) is 20.3. The minimum Gasteiger partial charge on any atom is -0.387 e. The van der Waals surface area contributed by atoms with Gasteiger partial charge in [-0.15, -0.1) is 0 Å². The van der Waals surface area contributed by atoms with Crippen molar-refractivity contribution >= 4 is 0 Å². The monoisotopic (exact) mass is 326 g/mol. The van der Waals surface area contributed by atoms with Gasteiger partial charge in [0.25, 0.3) is 0 Å². The highest BCUT2D eigenvalue weighted by atomic mass is 16.5. The molecule has 3 rings (SSSR count). The summed E-state index contributed by atoms with van der Waals surface area (Å²) in [6.45, 7) is 1.14. The van der Waals surface area contributed by atoms with E-state index in [1.807, 2.05) is 60.7 Å². The lowest BCUT2D eigenvalue weighted by atomic mass is 10.1. The molecule has 3 atom stereocenters. The SMILES string of the molecule is O[C@H]1[C@@H](OCc2ccccc2)C=C(COCc2ccccc2)[C@H]1O. The Morgan fingerprint density at radius 3 is 1.96 bits per heavy atom. The van der Waals surface area contributed by atoms with E-state index in [2.05, 4.69) is 0 Å². The molecule has 0 heterocycles. The molecule has 0 fully saturated rings. The molecule has 0 amide bonds. The standard InChI is InChI=1S/C20H22O4/c21-19-17(14-23-12-15-7-3-1-4-8-15)11-18(20(19)22)24-13-16-9-5-2-6-10-16/h1-11,18-22H,12-14H2/t18-,19+,20-/m0/s1. The quantitative estimate of drug-likeness (QED) is 0.768. The topological polar surface area (TPSA) is 58.9 Å². The number of benzene rings is 2. The first-order chi connectivity index (χ1) is 11.7. The molecule has 2 N–H and O–H groups in total. The summed E-state index contributed by atoms with van der Waals surface area (Å²) in [5.41, 5.74) is 2.76. The van der Waals surface area contributed by atoms with Crippen LogP contribution in [0.1, 0.15) is 11.1 Å². The lowest BCUT2D eigenvalue weighted by Gasteiger charge is -2.18. The van der Waals surface area contributed by atoms with Gasteiger partial charge in [0.2, 0.25) is 0 Å². The first-order valence-corrected chi connectivity index (χ1v) is 8.08. The maximum Gasteiger partial charge on any atom is 0.114 e. The van der Waals surface area contributed by atoms with Crippen molar-refractivity contribution in [1.29, 1.82) is 0 Å². The van der Waals surface area contributed by atoms with Crippen LogP contribution in [-0.2, 0) is 22.7 Å². The smallest absolute Gasteiger partial charge is 0.114 e. The van der Waals surface area contributed by atoms with E-state index in [1.54, 1.807) is 6.08 Å². The van der Waals surface area contributed by atoms with Gasteiger partial charge >= 0.3 is 0 Å². The summed E-state index contributed by atoms with van der Waals surface area (Å²) >= 11 is 0. The first kappa shape index (κ1) is 16.9. The zero-order chi connectivity index (χ0) is 16.8. The Kier molecular flexibility index (Phi) is 5.77. The van der Waals surface area contributed by atoms with E-state index in [9.17, 15) is 10.2 Å². The maximum absolute atomic E-state index is 10.1. The van der Waals surface area contributed by atoms with Gasteiger partial charge in [-0.05, 0) is 22.8 Å². The second kappa shape index (κ2) is 8.22. The van der Waals surface area contributed by atoms with Gasteiger partial charge in [-0.1, -0.05) is 60.7 Å². The van der Waals surface area contributed by atoms with Gasteiger partial charge in [0, 0.05) is 0 Å². The van der Waals surface area contributed by atoms with Gasteiger partial charge in [0.05, 0.1) is 19.8 Å². The minimum absolute atomic E-state index is 0.276. The van der Waals surface area contributed by atoms with Crippen LogP contribution in [0, 0.1) is 0 Å². The Labute approximate surface area is 142 Å². The van der Waals surface area contributed by atoms with E-state index in [-0.39, 0.29) is 6.61 Å². The van der Waals surface area contributed by atoms with Crippen molar-refractivity contribution in [2.24, 2.45) is 0 Å². The molecule has 126 valence electrons. The molecule has 0 saturated carbocycles. The Bertz CT molecular complexity index is 654. The lowest BCUT2D eigenvalue weighted by Crippen LogP contribution is -2.33. The fraction of sp³-hybridized carbons (Fsp3) is 0.300. The predicted octanol–water partition coefficient (Wildman–Crippen LogP) is 2.45. The van der Waals surface area contributed by atoms with Gasteiger partial charge < -0.3 is 19.7 Å². The molecule has 24 heavy (non-hydrogen) atoms. The van der Waals surface area contributed by atoms with Crippen LogP contribution in [0.25, 0.3) is 0 Å². The van der Waals surface area contributed by atoms with Crippen LogP contribution < -0.4 is 0 Å². The second-order valence-corrected chi connectivity index (χ2v) is 5.92. The molecule has 4 nitrogen and oxygen atoms in total. The molecular weight excluding hydrogens is 304 g/mol. The molecule has 0 bridgehead atoms. The molecule has 4 heteroatoms. The summed E-state index contributed by atoms with van der Waals surface area (Å²) < 4.78 is 11.4. The number of hydrogen-bond donors (Lipinski definition) is 2. The number of aliphatic hydroxyl groups is 2. The Hall–Kier alpha value is -1.98. The van der Waals surface area contributed by atoms with Crippen molar-refractivity contribution in [3.63, 3.8) is 0 Å². The number of aliphatic hydroxyl groups excluding tert-OH is 2. The van der Waals surface area contributed by atoms with Crippen LogP contribution in [0.15, 0.2) is 72.3 Å². The number of hydrogen-bond acceptors (Lipinski definition) is 4. The van der Waals surface area contributed by atoms with Crippen molar-refractivity contribution in [1.82, 2.24) is 0 Å². The molecule has 0 aromatic heterocycles. The maximum atomic E-state index is 10.1. The molecule has 0 saturated heterocycles. The van der Waals surface area contributed by atoms with E-state index in [0.29, 0.717) is 18.8 Å². The van der Waals surface area contributed by atoms with E-state index < -0.39 is 18.3 Å². The molecule has 0 radical (unpaired) electrons. The average molecular weight is 326 g/mol. The molecule has 0 aliphatic heterocycles. The molecular formula is C20H22O4. The largest absolute Gasteiger partial charge is 0.387 e. The Morgan fingerprint density at radius 2 is 1.33 bits per heavy atom. The van der Waals surface area contributed by atoms with Gasteiger partial charge in [-0.2, -0.15) is 0 Å². The second-order valence-electron chi connectivity index (χ2n) is 5.92. The van der Waals surface area contributed by atoms with Crippen LogP contribution in [0.5, 0.6) is 0 Å². The highest BCUT2D eigenvalue weighted by molar-refractivity contribution is 5.23. The van der Waals surface area contributed by atoms with Gasteiger partial charge in [-0.3, -0.25) is 0 Å². The molecule has 0 spiro atoms. The third-order valence-electron chi connectivity index (χ3n) is 4.08.